The van der Waals surface area contributed by atoms with Crippen LogP contribution in [0.5, 0.6) is 5.75 Å². The number of hydrogen-bond acceptors (Lipinski definition) is 5. The Labute approximate surface area is 173 Å². The molecule has 8 nitrogen and oxygen atoms in total. The smallest absolute Gasteiger partial charge is 0.319 e. The molecule has 29 heavy (non-hydrogen) atoms. The summed E-state index contributed by atoms with van der Waals surface area (Å²) < 4.78 is 5.13. The summed E-state index contributed by atoms with van der Waals surface area (Å²) in [6, 6.07) is 12.4. The Balaban J connectivity index is 2.09. The van der Waals surface area contributed by atoms with Crippen molar-refractivity contribution in [3.8, 4) is 5.75 Å². The minimum Gasteiger partial charge on any atom is -0.497 e. The topological polar surface area (TPSA) is 124 Å². The number of nitrogens with one attached hydrogen (secondary N) is 4. The maximum Gasteiger partial charge on any atom is 0.319 e. The van der Waals surface area contributed by atoms with Gasteiger partial charge in [-0.1, -0.05) is 23.7 Å². The summed E-state index contributed by atoms with van der Waals surface area (Å²) in [5, 5.41) is 25.3. The van der Waals surface area contributed by atoms with Crippen molar-refractivity contribution in [2.75, 3.05) is 19.0 Å². The van der Waals surface area contributed by atoms with E-state index in [1.54, 1.807) is 43.5 Å². The van der Waals surface area contributed by atoms with Gasteiger partial charge in [0.2, 0.25) is 5.91 Å². The number of amides is 3. The molecular formula is C20H23ClN4O4. The first kappa shape index (κ1) is 22.2. The number of benzene rings is 2. The minimum absolute atomic E-state index is 0.130. The summed E-state index contributed by atoms with van der Waals surface area (Å²) >= 11 is 5.84. The van der Waals surface area contributed by atoms with E-state index in [-0.39, 0.29) is 25.3 Å². The maximum atomic E-state index is 12.4. The Kier molecular flexibility index (Phi) is 8.45. The van der Waals surface area contributed by atoms with Gasteiger partial charge < -0.3 is 25.8 Å². The van der Waals surface area contributed by atoms with Crippen LogP contribution < -0.4 is 20.7 Å². The molecule has 1 atom stereocenters. The van der Waals surface area contributed by atoms with Gasteiger partial charge in [0.1, 0.15) is 11.6 Å². The van der Waals surface area contributed by atoms with Gasteiger partial charge in [0.25, 0.3) is 0 Å². The SMILES string of the molecule is COc1ccc(CC(NC(=O)Nc2ccc(Cl)cc2)C(=N)NC(=O)CCO)cc1. The van der Waals surface area contributed by atoms with E-state index in [2.05, 4.69) is 16.0 Å². The van der Waals surface area contributed by atoms with Crippen LogP contribution in [-0.4, -0.2) is 42.6 Å². The van der Waals surface area contributed by atoms with E-state index < -0.39 is 18.0 Å². The van der Waals surface area contributed by atoms with E-state index in [9.17, 15) is 9.59 Å². The van der Waals surface area contributed by atoms with Crippen LogP contribution >= 0.6 is 11.6 Å². The van der Waals surface area contributed by atoms with Gasteiger partial charge >= 0.3 is 6.03 Å². The monoisotopic (exact) mass is 418 g/mol. The number of aliphatic hydroxyl groups excluding tert-OH is 1. The van der Waals surface area contributed by atoms with Gasteiger partial charge in [-0.2, -0.15) is 0 Å². The molecule has 1 unspecified atom stereocenters. The minimum atomic E-state index is -0.793. The quantitative estimate of drug-likeness (QED) is 0.334. The first-order valence-electron chi connectivity index (χ1n) is 8.86. The van der Waals surface area contributed by atoms with Crippen LogP contribution in [0, 0.1) is 5.41 Å². The van der Waals surface area contributed by atoms with Crippen LogP contribution in [0.1, 0.15) is 12.0 Å². The van der Waals surface area contributed by atoms with Gasteiger partial charge in [-0.15, -0.1) is 0 Å². The molecule has 0 fully saturated rings. The third-order valence-corrected chi connectivity index (χ3v) is 4.22. The summed E-state index contributed by atoms with van der Waals surface area (Å²) in [5.41, 5.74) is 1.37. The van der Waals surface area contributed by atoms with E-state index in [0.717, 1.165) is 5.56 Å². The molecule has 0 radical (unpaired) electrons. The van der Waals surface area contributed by atoms with Gasteiger partial charge in [-0.05, 0) is 48.4 Å². The largest absolute Gasteiger partial charge is 0.497 e. The predicted molar refractivity (Wildman–Crippen MR) is 112 cm³/mol. The number of ether oxygens (including phenoxy) is 1. The lowest BCUT2D eigenvalue weighted by atomic mass is 10.0. The summed E-state index contributed by atoms with van der Waals surface area (Å²) in [7, 11) is 1.56. The summed E-state index contributed by atoms with van der Waals surface area (Å²) in [6.07, 6.45) is 0.144. The molecule has 0 aromatic heterocycles. The molecule has 0 saturated carbocycles. The molecule has 0 bridgehead atoms. The standard InChI is InChI=1S/C20H23ClN4O4/c1-29-16-8-2-13(3-9-16)12-17(19(22)25-18(27)10-11-26)24-20(28)23-15-6-4-14(21)5-7-15/h2-9,17,26H,10-12H2,1H3,(H2,22,25,27)(H2,23,24,28). The van der Waals surface area contributed by atoms with E-state index in [0.29, 0.717) is 16.5 Å². The molecule has 2 aromatic rings. The van der Waals surface area contributed by atoms with Crippen LogP contribution in [0.4, 0.5) is 10.5 Å². The van der Waals surface area contributed by atoms with Crippen molar-refractivity contribution in [2.45, 2.75) is 18.9 Å². The average Bonchev–Trinajstić information content (AvgIpc) is 2.70. The van der Waals surface area contributed by atoms with Crippen LogP contribution in [-0.2, 0) is 11.2 Å². The molecule has 2 rings (SSSR count). The number of amidine groups is 1. The molecule has 154 valence electrons. The highest BCUT2D eigenvalue weighted by Gasteiger charge is 2.20. The van der Waals surface area contributed by atoms with Crippen molar-refractivity contribution in [1.82, 2.24) is 10.6 Å². The van der Waals surface area contributed by atoms with Crippen LogP contribution in [0.15, 0.2) is 48.5 Å². The summed E-state index contributed by atoms with van der Waals surface area (Å²) in [5.74, 6) is 0.00716. The normalized spacial score (nSPS) is 11.3. The highest BCUT2D eigenvalue weighted by atomic mass is 35.5. The second-order valence-electron chi connectivity index (χ2n) is 6.15. The van der Waals surface area contributed by atoms with Gasteiger partial charge in [0.15, 0.2) is 0 Å². The van der Waals surface area contributed by atoms with Crippen molar-refractivity contribution < 1.29 is 19.4 Å². The molecule has 0 spiro atoms. The predicted octanol–water partition coefficient (Wildman–Crippen LogP) is 2.56. The number of carbonyl (C=O) groups excluding carboxylic acids is 2. The van der Waals surface area contributed by atoms with E-state index in [1.807, 2.05) is 12.1 Å². The van der Waals surface area contributed by atoms with Crippen LogP contribution in [0.25, 0.3) is 0 Å². The zero-order valence-electron chi connectivity index (χ0n) is 15.9. The lowest BCUT2D eigenvalue weighted by Crippen LogP contribution is -2.50. The maximum absolute atomic E-state index is 12.4. The fourth-order valence-corrected chi connectivity index (χ4v) is 2.61. The Hall–Kier alpha value is -3.10. The first-order chi connectivity index (χ1) is 13.9. The first-order valence-corrected chi connectivity index (χ1v) is 9.24. The Morgan fingerprint density at radius 3 is 2.38 bits per heavy atom. The lowest BCUT2D eigenvalue weighted by molar-refractivity contribution is -0.120. The molecule has 0 saturated heterocycles. The molecule has 3 amide bonds. The molecule has 2 aromatic carbocycles. The molecular weight excluding hydrogens is 396 g/mol. The number of aliphatic hydroxyl groups is 1. The second-order valence-corrected chi connectivity index (χ2v) is 6.58. The van der Waals surface area contributed by atoms with Gasteiger partial charge in [0.05, 0.1) is 26.2 Å². The van der Waals surface area contributed by atoms with Crippen LogP contribution in [0.3, 0.4) is 0 Å². The number of carbonyl (C=O) groups is 2. The third kappa shape index (κ3) is 7.44. The Morgan fingerprint density at radius 2 is 1.79 bits per heavy atom. The van der Waals surface area contributed by atoms with Gasteiger partial charge in [-0.25, -0.2) is 4.79 Å². The summed E-state index contributed by atoms with van der Waals surface area (Å²) in [4.78, 5) is 24.1. The van der Waals surface area contributed by atoms with Crippen molar-refractivity contribution in [3.05, 3.63) is 59.1 Å². The van der Waals surface area contributed by atoms with E-state index in [1.165, 1.54) is 0 Å². The lowest BCUT2D eigenvalue weighted by Gasteiger charge is -2.21. The Morgan fingerprint density at radius 1 is 1.14 bits per heavy atom. The van der Waals surface area contributed by atoms with Crippen LogP contribution in [0.2, 0.25) is 5.02 Å². The number of halogens is 1. The number of rotatable bonds is 8. The van der Waals surface area contributed by atoms with Crippen molar-refractivity contribution in [1.29, 1.82) is 5.41 Å². The highest BCUT2D eigenvalue weighted by molar-refractivity contribution is 6.30. The molecule has 0 aliphatic rings. The zero-order valence-corrected chi connectivity index (χ0v) is 16.6. The average molecular weight is 419 g/mol. The third-order valence-electron chi connectivity index (χ3n) is 3.97. The van der Waals surface area contributed by atoms with E-state index >= 15 is 0 Å². The molecule has 0 heterocycles. The number of urea groups is 1. The summed E-state index contributed by atoms with van der Waals surface area (Å²) in [6.45, 7) is -0.327. The van der Waals surface area contributed by atoms with Crippen molar-refractivity contribution in [3.63, 3.8) is 0 Å². The van der Waals surface area contributed by atoms with Crippen molar-refractivity contribution in [2.24, 2.45) is 0 Å². The van der Waals surface area contributed by atoms with E-state index in [4.69, 9.17) is 26.9 Å². The molecule has 0 aliphatic carbocycles. The number of anilines is 1. The van der Waals surface area contributed by atoms with Crippen molar-refractivity contribution >= 4 is 35.1 Å². The fraction of sp³-hybridized carbons (Fsp3) is 0.250. The highest BCUT2D eigenvalue weighted by Crippen LogP contribution is 2.14. The van der Waals surface area contributed by atoms with Gasteiger partial charge in [-0.3, -0.25) is 10.2 Å². The molecule has 0 aliphatic heterocycles. The number of methoxy groups -OCH3 is 1. The molecule has 5 N–H and O–H groups in total. The molecule has 9 heteroatoms. The second kappa shape index (κ2) is 11.0. The zero-order chi connectivity index (χ0) is 21.2. The van der Waals surface area contributed by atoms with Gasteiger partial charge in [0, 0.05) is 10.7 Å². The Bertz CT molecular complexity index is 841. The number of hydrogen-bond donors (Lipinski definition) is 5. The fourth-order valence-electron chi connectivity index (χ4n) is 2.48.